The van der Waals surface area contributed by atoms with E-state index in [1.807, 2.05) is 13.8 Å². The quantitative estimate of drug-likeness (QED) is 0.737. The molecule has 2 rings (SSSR count). The second-order valence-electron chi connectivity index (χ2n) is 6.38. The molecule has 0 bridgehead atoms. The number of aryl methyl sites for hydroxylation is 1. The van der Waals surface area contributed by atoms with Gasteiger partial charge in [0.05, 0.1) is 10.5 Å². The van der Waals surface area contributed by atoms with Crippen LogP contribution in [-0.2, 0) is 10.0 Å². The molecule has 28 heavy (non-hydrogen) atoms. The van der Waals surface area contributed by atoms with E-state index in [-0.39, 0.29) is 22.1 Å². The third kappa shape index (κ3) is 4.51. The summed E-state index contributed by atoms with van der Waals surface area (Å²) in [6.07, 6.45) is 0. The molecule has 150 valence electrons. The molecule has 0 fully saturated rings. The van der Waals surface area contributed by atoms with Crippen LogP contribution in [0.25, 0.3) is 0 Å². The number of carboxylic acid groups (broad SMARTS) is 1. The van der Waals surface area contributed by atoms with Gasteiger partial charge in [0.25, 0.3) is 15.9 Å². The smallest absolute Gasteiger partial charge is 0.335 e. The molecule has 0 radical (unpaired) electrons. The number of hydrogen-bond acceptors (Lipinski definition) is 4. The maximum absolute atomic E-state index is 12.8. The van der Waals surface area contributed by atoms with Crippen LogP contribution in [0.2, 0.25) is 0 Å². The van der Waals surface area contributed by atoms with Crippen LogP contribution in [0.15, 0.2) is 41.3 Å². The molecule has 0 aromatic heterocycles. The van der Waals surface area contributed by atoms with Gasteiger partial charge in [0.1, 0.15) is 0 Å². The highest BCUT2D eigenvalue weighted by molar-refractivity contribution is 7.92. The van der Waals surface area contributed by atoms with Gasteiger partial charge in [-0.3, -0.25) is 9.52 Å². The number of carbonyl (C=O) groups is 2. The van der Waals surface area contributed by atoms with Gasteiger partial charge < -0.3 is 10.0 Å². The lowest BCUT2D eigenvalue weighted by atomic mass is 10.1. The number of sulfonamides is 1. The summed E-state index contributed by atoms with van der Waals surface area (Å²) >= 11 is 0. The number of anilines is 1. The molecule has 7 nitrogen and oxygen atoms in total. The first-order chi connectivity index (χ1) is 13.1. The average molecular weight is 404 g/mol. The van der Waals surface area contributed by atoms with E-state index in [0.29, 0.717) is 29.8 Å². The minimum absolute atomic E-state index is 0.0896. The molecule has 0 aliphatic heterocycles. The molecule has 2 aromatic rings. The van der Waals surface area contributed by atoms with Crippen LogP contribution >= 0.6 is 0 Å². The third-order valence-electron chi connectivity index (χ3n) is 4.59. The van der Waals surface area contributed by atoms with Crippen LogP contribution in [0.4, 0.5) is 5.69 Å². The standard InChI is InChI=1S/C20H24N2O5S/c1-5-22(6-2)19(23)15-7-9-17(10-8-15)21-28(26,27)18-12-16(20(24)25)11-13(3)14(18)4/h7-12,21H,5-6H2,1-4H3,(H,24,25). The van der Waals surface area contributed by atoms with Crippen molar-refractivity contribution in [3.05, 3.63) is 58.7 Å². The molecule has 0 saturated heterocycles. The number of aromatic carboxylic acids is 1. The molecule has 2 N–H and O–H groups in total. The van der Waals surface area contributed by atoms with Gasteiger partial charge in [-0.2, -0.15) is 0 Å². The molecule has 0 aliphatic carbocycles. The predicted molar refractivity (Wildman–Crippen MR) is 107 cm³/mol. The molecule has 1 amide bonds. The van der Waals surface area contributed by atoms with Crippen LogP contribution in [0.5, 0.6) is 0 Å². The zero-order chi connectivity index (χ0) is 21.1. The van der Waals surface area contributed by atoms with Gasteiger partial charge in [-0.25, -0.2) is 13.2 Å². The van der Waals surface area contributed by atoms with E-state index >= 15 is 0 Å². The first kappa shape index (κ1) is 21.4. The van der Waals surface area contributed by atoms with E-state index < -0.39 is 16.0 Å². The lowest BCUT2D eigenvalue weighted by Crippen LogP contribution is -2.30. The molecular weight excluding hydrogens is 380 g/mol. The van der Waals surface area contributed by atoms with Crippen molar-refractivity contribution in [3.63, 3.8) is 0 Å². The number of nitrogens with one attached hydrogen (secondary N) is 1. The normalized spacial score (nSPS) is 11.1. The largest absolute Gasteiger partial charge is 0.478 e. The van der Waals surface area contributed by atoms with Crippen molar-refractivity contribution in [2.45, 2.75) is 32.6 Å². The summed E-state index contributed by atoms with van der Waals surface area (Å²) in [4.78, 5) is 25.2. The zero-order valence-corrected chi connectivity index (χ0v) is 17.1. The molecule has 0 heterocycles. The van der Waals surface area contributed by atoms with E-state index in [1.165, 1.54) is 18.2 Å². The first-order valence-electron chi connectivity index (χ1n) is 8.87. The van der Waals surface area contributed by atoms with Gasteiger partial charge in [0, 0.05) is 24.3 Å². The number of benzene rings is 2. The van der Waals surface area contributed by atoms with Crippen molar-refractivity contribution in [2.75, 3.05) is 17.8 Å². The van der Waals surface area contributed by atoms with Crippen molar-refractivity contribution in [1.82, 2.24) is 4.90 Å². The highest BCUT2D eigenvalue weighted by atomic mass is 32.2. The van der Waals surface area contributed by atoms with Gasteiger partial charge in [0.2, 0.25) is 0 Å². The highest BCUT2D eigenvalue weighted by Gasteiger charge is 2.21. The highest BCUT2D eigenvalue weighted by Crippen LogP contribution is 2.24. The Hall–Kier alpha value is -2.87. The Kier molecular flexibility index (Phi) is 6.45. The Morgan fingerprint density at radius 3 is 2.07 bits per heavy atom. The molecule has 2 aromatic carbocycles. The average Bonchev–Trinajstić information content (AvgIpc) is 2.64. The Labute approximate surface area is 165 Å². The molecule has 8 heteroatoms. The zero-order valence-electron chi connectivity index (χ0n) is 16.3. The second kappa shape index (κ2) is 8.43. The minimum Gasteiger partial charge on any atom is -0.478 e. The fourth-order valence-corrected chi connectivity index (χ4v) is 4.22. The summed E-state index contributed by atoms with van der Waals surface area (Å²) in [7, 11) is -3.99. The second-order valence-corrected chi connectivity index (χ2v) is 8.03. The van der Waals surface area contributed by atoms with E-state index in [4.69, 9.17) is 0 Å². The number of nitrogens with zero attached hydrogens (tertiary/aromatic N) is 1. The van der Waals surface area contributed by atoms with Crippen molar-refractivity contribution in [2.24, 2.45) is 0 Å². The van der Waals surface area contributed by atoms with Crippen molar-refractivity contribution in [3.8, 4) is 0 Å². The molecule has 0 aliphatic rings. The van der Waals surface area contributed by atoms with Crippen LogP contribution in [0, 0.1) is 13.8 Å². The van der Waals surface area contributed by atoms with E-state index in [2.05, 4.69) is 4.72 Å². The lowest BCUT2D eigenvalue weighted by molar-refractivity contribution is 0.0695. The predicted octanol–water partition coefficient (Wildman–Crippen LogP) is 3.28. The molecule has 0 unspecified atom stereocenters. The minimum atomic E-state index is -3.99. The lowest BCUT2D eigenvalue weighted by Gasteiger charge is -2.19. The fraction of sp³-hybridized carbons (Fsp3) is 0.300. The van der Waals surface area contributed by atoms with Gasteiger partial charge in [-0.1, -0.05) is 0 Å². The first-order valence-corrected chi connectivity index (χ1v) is 10.4. The molecule has 0 atom stereocenters. The van der Waals surface area contributed by atoms with Gasteiger partial charge in [0.15, 0.2) is 0 Å². The van der Waals surface area contributed by atoms with Crippen LogP contribution in [-0.4, -0.2) is 43.4 Å². The van der Waals surface area contributed by atoms with Crippen LogP contribution in [0.1, 0.15) is 45.7 Å². The summed E-state index contributed by atoms with van der Waals surface area (Å²) in [6, 6.07) is 8.72. The topological polar surface area (TPSA) is 104 Å². The summed E-state index contributed by atoms with van der Waals surface area (Å²) in [5.74, 6) is -1.32. The fourth-order valence-electron chi connectivity index (χ4n) is 2.81. The van der Waals surface area contributed by atoms with Crippen molar-refractivity contribution >= 4 is 27.6 Å². The maximum Gasteiger partial charge on any atom is 0.335 e. The number of amides is 1. The van der Waals surface area contributed by atoms with Crippen molar-refractivity contribution in [1.29, 1.82) is 0 Å². The van der Waals surface area contributed by atoms with Gasteiger partial charge >= 0.3 is 5.97 Å². The summed E-state index contributed by atoms with van der Waals surface area (Å²) in [6.45, 7) is 8.24. The van der Waals surface area contributed by atoms with Crippen LogP contribution < -0.4 is 4.72 Å². The molecule has 0 saturated carbocycles. The SMILES string of the molecule is CCN(CC)C(=O)c1ccc(NS(=O)(=O)c2cc(C(=O)O)cc(C)c2C)cc1. The Bertz CT molecular complexity index is 994. The number of rotatable bonds is 7. The summed E-state index contributed by atoms with van der Waals surface area (Å²) in [5.41, 5.74) is 1.70. The monoisotopic (exact) mass is 404 g/mol. The van der Waals surface area contributed by atoms with Gasteiger partial charge in [-0.15, -0.1) is 0 Å². The van der Waals surface area contributed by atoms with Gasteiger partial charge in [-0.05, 0) is 75.2 Å². The van der Waals surface area contributed by atoms with Crippen LogP contribution in [0.3, 0.4) is 0 Å². The van der Waals surface area contributed by atoms with Crippen molar-refractivity contribution < 1.29 is 23.1 Å². The Balaban J connectivity index is 2.33. The Morgan fingerprint density at radius 1 is 1.00 bits per heavy atom. The number of hydrogen-bond donors (Lipinski definition) is 2. The third-order valence-corrected chi connectivity index (χ3v) is 6.10. The van der Waals surface area contributed by atoms with E-state index in [0.717, 1.165) is 6.07 Å². The number of carbonyl (C=O) groups excluding carboxylic acids is 1. The maximum atomic E-state index is 12.8. The van der Waals surface area contributed by atoms with E-state index in [9.17, 15) is 23.1 Å². The summed E-state index contributed by atoms with van der Waals surface area (Å²) < 4.78 is 28.0. The summed E-state index contributed by atoms with van der Waals surface area (Å²) in [5, 5.41) is 9.20. The number of carboxylic acids is 1. The molecular formula is C20H24N2O5S. The van der Waals surface area contributed by atoms with E-state index in [1.54, 1.807) is 30.9 Å². The Morgan fingerprint density at radius 2 is 1.57 bits per heavy atom. The molecule has 0 spiro atoms.